The van der Waals surface area contributed by atoms with Crippen molar-refractivity contribution in [3.8, 4) is 5.88 Å². The molecule has 4 aliphatic carbocycles. The summed E-state index contributed by atoms with van der Waals surface area (Å²) in [5.41, 5.74) is 4.42. The highest BCUT2D eigenvalue weighted by molar-refractivity contribution is 5.36. The predicted molar refractivity (Wildman–Crippen MR) is 155 cm³/mol. The molecule has 2 fully saturated rings. The molecule has 5 aliphatic rings. The van der Waals surface area contributed by atoms with Crippen LogP contribution in [0.2, 0.25) is 0 Å². The molecule has 5 nitrogen and oxygen atoms in total. The summed E-state index contributed by atoms with van der Waals surface area (Å²) in [5, 5.41) is 10.8. The first-order valence-corrected chi connectivity index (χ1v) is 16.0. The van der Waals surface area contributed by atoms with Crippen molar-refractivity contribution >= 4 is 0 Å². The van der Waals surface area contributed by atoms with Gasteiger partial charge in [-0.3, -0.25) is 0 Å². The number of aliphatic hydroxyl groups excluding tert-OH is 1. The smallest absolute Gasteiger partial charge is 0.216 e. The molecular weight excluding hydrogens is 484 g/mol. The van der Waals surface area contributed by atoms with E-state index < -0.39 is 6.10 Å². The molecule has 0 aromatic carbocycles. The predicted octanol–water partition coefficient (Wildman–Crippen LogP) is 7.57. The van der Waals surface area contributed by atoms with Gasteiger partial charge in [-0.15, -0.1) is 0 Å². The fourth-order valence-electron chi connectivity index (χ4n) is 8.07. The second-order valence-corrected chi connectivity index (χ2v) is 12.8. The van der Waals surface area contributed by atoms with E-state index in [0.29, 0.717) is 48.4 Å². The van der Waals surface area contributed by atoms with Crippen LogP contribution in [-0.2, 0) is 4.74 Å². The Kier molecular flexibility index (Phi) is 8.55. The van der Waals surface area contributed by atoms with E-state index in [4.69, 9.17) is 19.4 Å². The lowest BCUT2D eigenvalue weighted by Crippen LogP contribution is -2.32. The van der Waals surface area contributed by atoms with Crippen LogP contribution in [0.1, 0.15) is 121 Å². The van der Waals surface area contributed by atoms with Crippen LogP contribution in [0.25, 0.3) is 0 Å². The van der Waals surface area contributed by atoms with E-state index in [2.05, 4.69) is 38.1 Å². The Morgan fingerprint density at radius 2 is 1.97 bits per heavy atom. The SMILES string of the molecule is CCCCC(CC)COc1cc(C2CCC3C(C2)OC2CCC4=C(CCC=C4)C23)nc(C2CCC=CC2O)n1. The average molecular weight is 533 g/mol. The Labute approximate surface area is 235 Å². The summed E-state index contributed by atoms with van der Waals surface area (Å²) in [6.07, 6.45) is 23.7. The van der Waals surface area contributed by atoms with Crippen LogP contribution in [0.15, 0.2) is 41.5 Å². The Balaban J connectivity index is 1.22. The van der Waals surface area contributed by atoms with Crippen molar-refractivity contribution in [1.82, 2.24) is 9.97 Å². The molecule has 1 aromatic rings. The first-order chi connectivity index (χ1) is 19.1. The number of hydrogen-bond donors (Lipinski definition) is 1. The molecule has 212 valence electrons. The maximum Gasteiger partial charge on any atom is 0.216 e. The van der Waals surface area contributed by atoms with Gasteiger partial charge in [-0.1, -0.05) is 63.0 Å². The fourth-order valence-corrected chi connectivity index (χ4v) is 8.07. The summed E-state index contributed by atoms with van der Waals surface area (Å²) in [7, 11) is 0. The van der Waals surface area contributed by atoms with Crippen molar-refractivity contribution in [1.29, 1.82) is 0 Å². The molecule has 8 unspecified atom stereocenters. The fraction of sp³-hybridized carbons (Fsp3) is 0.706. The monoisotopic (exact) mass is 532 g/mol. The summed E-state index contributed by atoms with van der Waals surface area (Å²) in [5.74, 6) is 3.57. The van der Waals surface area contributed by atoms with Crippen molar-refractivity contribution in [2.24, 2.45) is 17.8 Å². The minimum absolute atomic E-state index is 0.0639. The number of hydrogen-bond acceptors (Lipinski definition) is 5. The normalized spacial score (nSPS) is 34.4. The molecule has 39 heavy (non-hydrogen) atoms. The summed E-state index contributed by atoms with van der Waals surface area (Å²) >= 11 is 0. The minimum atomic E-state index is -0.529. The second-order valence-electron chi connectivity index (χ2n) is 12.8. The summed E-state index contributed by atoms with van der Waals surface area (Å²) in [6.45, 7) is 5.21. The van der Waals surface area contributed by atoms with Gasteiger partial charge < -0.3 is 14.6 Å². The molecule has 0 spiro atoms. The highest BCUT2D eigenvalue weighted by Crippen LogP contribution is 2.53. The molecular formula is C34H48N2O3. The van der Waals surface area contributed by atoms with E-state index in [9.17, 15) is 5.11 Å². The van der Waals surface area contributed by atoms with Crippen molar-refractivity contribution in [3.05, 3.63) is 53.0 Å². The average Bonchev–Trinajstić information content (AvgIpc) is 3.36. The van der Waals surface area contributed by atoms with E-state index in [-0.39, 0.29) is 5.92 Å². The molecule has 1 saturated heterocycles. The number of aromatic nitrogens is 2. The highest BCUT2D eigenvalue weighted by Gasteiger charge is 2.50. The topological polar surface area (TPSA) is 64.5 Å². The molecule has 1 N–H and O–H groups in total. The van der Waals surface area contributed by atoms with E-state index >= 15 is 0 Å². The maximum absolute atomic E-state index is 10.8. The molecule has 6 rings (SSSR count). The van der Waals surface area contributed by atoms with Crippen LogP contribution in [0, 0.1) is 17.8 Å². The first kappa shape index (κ1) is 27.2. The molecule has 5 heteroatoms. The zero-order valence-electron chi connectivity index (χ0n) is 24.1. The zero-order chi connectivity index (χ0) is 26.8. The van der Waals surface area contributed by atoms with E-state index in [1.54, 1.807) is 11.1 Å². The quantitative estimate of drug-likeness (QED) is 0.332. The van der Waals surface area contributed by atoms with Crippen molar-refractivity contribution in [3.63, 3.8) is 0 Å². The molecule has 1 aromatic heterocycles. The van der Waals surface area contributed by atoms with Crippen molar-refractivity contribution in [2.75, 3.05) is 6.61 Å². The zero-order valence-corrected chi connectivity index (χ0v) is 24.1. The van der Waals surface area contributed by atoms with Gasteiger partial charge in [-0.2, -0.15) is 4.98 Å². The molecule has 1 saturated carbocycles. The van der Waals surface area contributed by atoms with Gasteiger partial charge in [0.2, 0.25) is 5.88 Å². The number of unbranched alkanes of at least 4 members (excludes halogenated alkanes) is 1. The molecule has 0 amide bonds. The van der Waals surface area contributed by atoms with Crippen molar-refractivity contribution < 1.29 is 14.6 Å². The van der Waals surface area contributed by atoms with Gasteiger partial charge in [-0.25, -0.2) is 4.98 Å². The largest absolute Gasteiger partial charge is 0.477 e. The van der Waals surface area contributed by atoms with Crippen LogP contribution < -0.4 is 4.74 Å². The Morgan fingerprint density at radius 3 is 2.82 bits per heavy atom. The van der Waals surface area contributed by atoms with E-state index in [1.165, 1.54) is 51.4 Å². The summed E-state index contributed by atoms with van der Waals surface area (Å²) in [4.78, 5) is 10.0. The Morgan fingerprint density at radius 1 is 1.05 bits per heavy atom. The molecule has 2 heterocycles. The number of allylic oxidation sites excluding steroid dienone is 4. The van der Waals surface area contributed by atoms with Gasteiger partial charge in [0.15, 0.2) is 0 Å². The lowest BCUT2D eigenvalue weighted by molar-refractivity contribution is 0.00748. The Hall–Kier alpha value is -1.98. The third-order valence-electron chi connectivity index (χ3n) is 10.4. The lowest BCUT2D eigenvalue weighted by Gasteiger charge is -2.36. The summed E-state index contributed by atoms with van der Waals surface area (Å²) in [6, 6.07) is 2.11. The van der Waals surface area contributed by atoms with Gasteiger partial charge in [0.25, 0.3) is 0 Å². The number of ether oxygens (including phenoxy) is 2. The van der Waals surface area contributed by atoms with Crippen LogP contribution in [0.4, 0.5) is 0 Å². The molecule has 0 radical (unpaired) electrons. The van der Waals surface area contributed by atoms with Gasteiger partial charge in [0.05, 0.1) is 30.6 Å². The lowest BCUT2D eigenvalue weighted by atomic mass is 9.67. The number of nitrogens with zero attached hydrogens (tertiary/aromatic N) is 2. The standard InChI is InChI=1S/C34H48N2O3/c1-3-5-10-22(4-2)21-38-32-20-28(35-34(36-32)26-13-8-9-14-29(26)37)24-15-17-27-31(19-24)39-30-18-16-23-11-6-7-12-25(23)33(27)30/h6,9,11,14,20,22,24,26-27,29-31,33,37H,3-5,7-8,10,12-13,15-19,21H2,1-2H3. The molecule has 0 bridgehead atoms. The number of fused-ring (bicyclic) bond motifs is 4. The van der Waals surface area contributed by atoms with Gasteiger partial charge in [-0.05, 0) is 81.6 Å². The summed E-state index contributed by atoms with van der Waals surface area (Å²) < 4.78 is 13.2. The van der Waals surface area contributed by atoms with Crippen LogP contribution in [0.3, 0.4) is 0 Å². The first-order valence-electron chi connectivity index (χ1n) is 16.0. The van der Waals surface area contributed by atoms with Crippen LogP contribution >= 0.6 is 0 Å². The van der Waals surface area contributed by atoms with Gasteiger partial charge in [0.1, 0.15) is 5.82 Å². The van der Waals surface area contributed by atoms with Crippen LogP contribution in [-0.4, -0.2) is 40.0 Å². The van der Waals surface area contributed by atoms with Gasteiger partial charge in [0, 0.05) is 23.8 Å². The Bertz CT molecular complexity index is 1090. The molecule has 1 aliphatic heterocycles. The van der Waals surface area contributed by atoms with E-state index in [1.807, 2.05) is 6.08 Å². The third-order valence-corrected chi connectivity index (χ3v) is 10.4. The molecule has 8 atom stereocenters. The van der Waals surface area contributed by atoms with Crippen LogP contribution in [0.5, 0.6) is 5.88 Å². The number of rotatable bonds is 9. The highest BCUT2D eigenvalue weighted by atomic mass is 16.5. The van der Waals surface area contributed by atoms with Gasteiger partial charge >= 0.3 is 0 Å². The third kappa shape index (κ3) is 5.77. The van der Waals surface area contributed by atoms with Crippen molar-refractivity contribution in [2.45, 2.75) is 127 Å². The second kappa shape index (κ2) is 12.3. The maximum atomic E-state index is 10.8. The number of aliphatic hydroxyl groups is 1. The minimum Gasteiger partial charge on any atom is -0.477 e. The van der Waals surface area contributed by atoms with E-state index in [0.717, 1.165) is 43.6 Å².